The molecule has 0 spiro atoms. The molecule has 10 nitrogen and oxygen atoms in total. The van der Waals surface area contributed by atoms with Crippen LogP contribution in [0, 0.1) is 5.82 Å². The van der Waals surface area contributed by atoms with Crippen LogP contribution in [-0.4, -0.2) is 76.2 Å². The fourth-order valence-corrected chi connectivity index (χ4v) is 6.68. The lowest BCUT2D eigenvalue weighted by molar-refractivity contribution is 0.295. The number of benzene rings is 1. The second kappa shape index (κ2) is 10.1. The fraction of sp³-hybridized carbons (Fsp3) is 0.348. The number of fused-ring (bicyclic) bond motifs is 1. The minimum absolute atomic E-state index is 0.133. The lowest BCUT2D eigenvalue weighted by Crippen LogP contribution is -2.50. The summed E-state index contributed by atoms with van der Waals surface area (Å²) >= 11 is 1.48. The normalized spacial score (nSPS) is 16.4. The summed E-state index contributed by atoms with van der Waals surface area (Å²) < 4.78 is 49.5. The summed E-state index contributed by atoms with van der Waals surface area (Å²) in [5.41, 5.74) is 2.70. The predicted molar refractivity (Wildman–Crippen MR) is 137 cm³/mol. The number of nitrogens with zero attached hydrogens (tertiary/aromatic N) is 6. The summed E-state index contributed by atoms with van der Waals surface area (Å²) in [4.78, 5) is 14.5. The van der Waals surface area contributed by atoms with E-state index in [1.165, 1.54) is 33.1 Å². The molecular formula is C23H26FN7O3S2. The summed E-state index contributed by atoms with van der Waals surface area (Å²) in [6.45, 7) is 4.03. The Kier molecular flexibility index (Phi) is 6.88. The third-order valence-electron chi connectivity index (χ3n) is 6.05. The van der Waals surface area contributed by atoms with Gasteiger partial charge in [-0.25, -0.2) is 19.3 Å². The van der Waals surface area contributed by atoms with Crippen LogP contribution in [0.3, 0.4) is 0 Å². The first kappa shape index (κ1) is 24.6. The van der Waals surface area contributed by atoms with Gasteiger partial charge in [-0.15, -0.1) is 11.3 Å². The zero-order valence-corrected chi connectivity index (χ0v) is 21.5. The molecule has 0 saturated carbocycles. The van der Waals surface area contributed by atoms with Gasteiger partial charge in [0, 0.05) is 56.1 Å². The van der Waals surface area contributed by atoms with Crippen LogP contribution in [0.1, 0.15) is 13.3 Å². The van der Waals surface area contributed by atoms with Crippen molar-refractivity contribution in [2.24, 2.45) is 0 Å². The van der Waals surface area contributed by atoms with Crippen molar-refractivity contribution >= 4 is 32.5 Å². The number of thiazole rings is 1. The van der Waals surface area contributed by atoms with Crippen molar-refractivity contribution in [2.45, 2.75) is 13.3 Å². The number of nitrogens with one attached hydrogen (secondary N) is 1. The Morgan fingerprint density at radius 2 is 2.03 bits per heavy atom. The van der Waals surface area contributed by atoms with Gasteiger partial charge < -0.3 is 10.1 Å². The molecule has 4 heterocycles. The number of hydrogen-bond acceptors (Lipinski definition) is 8. The summed E-state index contributed by atoms with van der Waals surface area (Å²) in [5.74, 6) is 0.0614. The van der Waals surface area contributed by atoms with Crippen LogP contribution in [0.25, 0.3) is 27.6 Å². The van der Waals surface area contributed by atoms with Gasteiger partial charge in [-0.1, -0.05) is 6.92 Å². The molecule has 5 rings (SSSR count). The van der Waals surface area contributed by atoms with E-state index in [4.69, 9.17) is 9.72 Å². The smallest absolute Gasteiger partial charge is 0.282 e. The maximum Gasteiger partial charge on any atom is 0.282 e. The Morgan fingerprint density at radius 1 is 1.19 bits per heavy atom. The number of methoxy groups -OCH3 is 1. The molecule has 3 aromatic heterocycles. The predicted octanol–water partition coefficient (Wildman–Crippen LogP) is 3.35. The molecule has 1 saturated heterocycles. The topological polar surface area (TPSA) is 105 Å². The first-order valence-electron chi connectivity index (χ1n) is 11.5. The molecule has 1 N–H and O–H groups in total. The van der Waals surface area contributed by atoms with E-state index in [0.717, 1.165) is 17.1 Å². The number of ether oxygens (including phenoxy) is 1. The van der Waals surface area contributed by atoms with Crippen LogP contribution >= 0.6 is 11.3 Å². The van der Waals surface area contributed by atoms with E-state index in [1.807, 2.05) is 22.9 Å². The number of aromatic nitrogens is 4. The van der Waals surface area contributed by atoms with Crippen LogP contribution in [0.4, 0.5) is 10.3 Å². The molecule has 190 valence electrons. The average Bonchev–Trinajstić information content (AvgIpc) is 3.47. The Labute approximate surface area is 212 Å². The number of halogens is 1. The van der Waals surface area contributed by atoms with E-state index in [0.29, 0.717) is 55.6 Å². The van der Waals surface area contributed by atoms with Gasteiger partial charge in [0.05, 0.1) is 18.5 Å². The molecule has 36 heavy (non-hydrogen) atoms. The van der Waals surface area contributed by atoms with E-state index in [2.05, 4.69) is 15.3 Å². The Hall–Kier alpha value is -3.13. The van der Waals surface area contributed by atoms with Gasteiger partial charge in [-0.05, 0) is 30.7 Å². The standard InChI is InChI=1S/C23H26FN7O3S2/c1-3-29-10-4-11-30(36(29,32)33)12-9-26-22-25-8-7-18(27-22)21-20(28-23-31(21)13-14-35-23)16-5-6-17(24)19(15-16)34-2/h5-8,13-15H,3-4,9-12H2,1-2H3,(H,25,26,27). The molecule has 4 aromatic rings. The van der Waals surface area contributed by atoms with Crippen LogP contribution in [0.15, 0.2) is 42.0 Å². The van der Waals surface area contributed by atoms with Crippen LogP contribution in [0.5, 0.6) is 5.75 Å². The van der Waals surface area contributed by atoms with E-state index in [-0.39, 0.29) is 5.75 Å². The van der Waals surface area contributed by atoms with Gasteiger partial charge in [0.2, 0.25) is 5.95 Å². The van der Waals surface area contributed by atoms with Gasteiger partial charge in [0.1, 0.15) is 5.69 Å². The molecule has 0 unspecified atom stereocenters. The molecular weight excluding hydrogens is 505 g/mol. The van der Waals surface area contributed by atoms with Gasteiger partial charge in [-0.2, -0.15) is 17.0 Å². The second-order valence-corrected chi connectivity index (χ2v) is 11.0. The monoisotopic (exact) mass is 531 g/mol. The largest absolute Gasteiger partial charge is 0.494 e. The number of anilines is 1. The maximum absolute atomic E-state index is 14.0. The molecule has 0 bridgehead atoms. The molecule has 13 heteroatoms. The summed E-state index contributed by atoms with van der Waals surface area (Å²) in [7, 11) is -2.01. The fourth-order valence-electron chi connectivity index (χ4n) is 4.27. The molecule has 0 radical (unpaired) electrons. The van der Waals surface area contributed by atoms with Gasteiger partial charge >= 0.3 is 0 Å². The highest BCUT2D eigenvalue weighted by molar-refractivity contribution is 7.86. The lowest BCUT2D eigenvalue weighted by Gasteiger charge is -2.33. The van der Waals surface area contributed by atoms with Gasteiger partial charge in [0.15, 0.2) is 16.5 Å². The maximum atomic E-state index is 14.0. The highest BCUT2D eigenvalue weighted by Gasteiger charge is 2.31. The number of hydrogen-bond donors (Lipinski definition) is 1. The van der Waals surface area contributed by atoms with E-state index < -0.39 is 16.0 Å². The summed E-state index contributed by atoms with van der Waals surface area (Å²) in [6, 6.07) is 6.41. The van der Waals surface area contributed by atoms with Crippen molar-refractivity contribution in [3.05, 3.63) is 47.9 Å². The number of imidazole rings is 1. The SMILES string of the molecule is CCN1CCCN(CCNc2nccc(-c3c(-c4ccc(F)c(OC)c4)nc4sccn34)n2)S1(=O)=O. The van der Waals surface area contributed by atoms with Crippen LogP contribution in [0.2, 0.25) is 0 Å². The third-order valence-corrected chi connectivity index (χ3v) is 8.92. The third kappa shape index (κ3) is 4.54. The highest BCUT2D eigenvalue weighted by Crippen LogP contribution is 2.35. The second-order valence-electron chi connectivity index (χ2n) is 8.16. The number of rotatable bonds is 8. The van der Waals surface area contributed by atoms with Crippen molar-refractivity contribution < 1.29 is 17.5 Å². The summed E-state index contributed by atoms with van der Waals surface area (Å²) in [6.07, 6.45) is 4.35. The van der Waals surface area contributed by atoms with Gasteiger partial charge in [0.25, 0.3) is 10.2 Å². The lowest BCUT2D eigenvalue weighted by atomic mass is 10.1. The molecule has 1 aliphatic rings. The molecule has 0 aliphatic carbocycles. The van der Waals surface area contributed by atoms with Crippen molar-refractivity contribution in [1.82, 2.24) is 28.0 Å². The Morgan fingerprint density at radius 3 is 2.83 bits per heavy atom. The Bertz CT molecular complexity index is 1490. The van der Waals surface area contributed by atoms with Crippen molar-refractivity contribution in [3.8, 4) is 28.4 Å². The molecule has 0 amide bonds. The Balaban J connectivity index is 1.41. The molecule has 0 atom stereocenters. The molecule has 1 fully saturated rings. The minimum Gasteiger partial charge on any atom is -0.494 e. The van der Waals surface area contributed by atoms with E-state index in [9.17, 15) is 12.8 Å². The summed E-state index contributed by atoms with van der Waals surface area (Å²) in [5, 5.41) is 5.08. The van der Waals surface area contributed by atoms with Crippen LogP contribution in [-0.2, 0) is 10.2 Å². The minimum atomic E-state index is -3.44. The molecule has 1 aliphatic heterocycles. The van der Waals surface area contributed by atoms with E-state index in [1.54, 1.807) is 24.4 Å². The van der Waals surface area contributed by atoms with E-state index >= 15 is 0 Å². The van der Waals surface area contributed by atoms with Crippen LogP contribution < -0.4 is 10.1 Å². The van der Waals surface area contributed by atoms with Crippen molar-refractivity contribution in [1.29, 1.82) is 0 Å². The zero-order chi connectivity index (χ0) is 25.3. The average molecular weight is 532 g/mol. The first-order chi connectivity index (χ1) is 17.4. The quantitative estimate of drug-likeness (QED) is 0.372. The van der Waals surface area contributed by atoms with Gasteiger partial charge in [-0.3, -0.25) is 4.40 Å². The zero-order valence-electron chi connectivity index (χ0n) is 19.9. The van der Waals surface area contributed by atoms with Crippen molar-refractivity contribution in [2.75, 3.05) is 45.2 Å². The highest BCUT2D eigenvalue weighted by atomic mass is 32.2. The van der Waals surface area contributed by atoms with Crippen molar-refractivity contribution in [3.63, 3.8) is 0 Å². The first-order valence-corrected chi connectivity index (χ1v) is 13.8. The molecule has 1 aromatic carbocycles.